The fraction of sp³-hybridized carbons (Fsp3) is 0.375. The predicted molar refractivity (Wildman–Crippen MR) is 60.7 cm³/mol. The number of rotatable bonds is 5. The molecule has 0 saturated carbocycles. The van der Waals surface area contributed by atoms with E-state index < -0.39 is 10.0 Å². The van der Waals surface area contributed by atoms with Gasteiger partial charge in [0.2, 0.25) is 10.0 Å². The Morgan fingerprint density at radius 2 is 2.25 bits per heavy atom. The molecule has 0 unspecified atom stereocenters. The van der Waals surface area contributed by atoms with Crippen molar-refractivity contribution in [1.29, 1.82) is 0 Å². The van der Waals surface area contributed by atoms with Crippen molar-refractivity contribution in [2.45, 2.75) is 6.42 Å². The monoisotopic (exact) mass is 265 g/mol. The molecule has 8 heteroatoms. The van der Waals surface area contributed by atoms with Gasteiger partial charge in [-0.2, -0.15) is 0 Å². The Balaban J connectivity index is 2.31. The summed E-state index contributed by atoms with van der Waals surface area (Å²) < 4.78 is 21.2. The summed E-state index contributed by atoms with van der Waals surface area (Å²) in [4.78, 5) is 14.1. The van der Waals surface area contributed by atoms with Crippen molar-refractivity contribution in [2.75, 3.05) is 12.3 Å². The molecule has 0 radical (unpaired) electrons. The summed E-state index contributed by atoms with van der Waals surface area (Å²) >= 11 is 5.62. The van der Waals surface area contributed by atoms with Crippen molar-refractivity contribution in [3.63, 3.8) is 0 Å². The Kier molecular flexibility index (Phi) is 4.34. The molecule has 1 amide bonds. The lowest BCUT2D eigenvalue weighted by Gasteiger charge is -2.02. The van der Waals surface area contributed by atoms with Gasteiger partial charge in [0.15, 0.2) is 0 Å². The van der Waals surface area contributed by atoms with Gasteiger partial charge in [0.05, 0.1) is 10.8 Å². The molecule has 0 aliphatic rings. The van der Waals surface area contributed by atoms with Gasteiger partial charge in [-0.15, -0.1) is 0 Å². The first-order valence-electron chi connectivity index (χ1n) is 4.51. The summed E-state index contributed by atoms with van der Waals surface area (Å²) in [6, 6.07) is 1.48. The van der Waals surface area contributed by atoms with E-state index in [1.807, 2.05) is 0 Å². The highest BCUT2D eigenvalue weighted by Gasteiger charge is 2.08. The first-order chi connectivity index (χ1) is 7.38. The molecule has 1 aromatic heterocycles. The molecule has 1 heterocycles. The van der Waals surface area contributed by atoms with Gasteiger partial charge < -0.3 is 10.3 Å². The summed E-state index contributed by atoms with van der Waals surface area (Å²) in [5.74, 6) is -0.486. The van der Waals surface area contributed by atoms with Gasteiger partial charge in [0.25, 0.3) is 5.91 Å². The minimum atomic E-state index is -3.46. The molecule has 0 spiro atoms. The van der Waals surface area contributed by atoms with Crippen LogP contribution in [-0.4, -0.2) is 31.6 Å². The maximum atomic E-state index is 11.4. The lowest BCUT2D eigenvalue weighted by Crippen LogP contribution is -2.27. The standard InChI is InChI=1S/C8H12ClN3O3S/c9-6-4-7(12-5-6)8(13)11-2-1-3-16(10,14)15/h4-5,12H,1-3H2,(H,11,13)(H2,10,14,15). The van der Waals surface area contributed by atoms with E-state index in [4.69, 9.17) is 16.7 Å². The molecule has 4 N–H and O–H groups in total. The highest BCUT2D eigenvalue weighted by atomic mass is 35.5. The third-order valence-corrected chi connectivity index (χ3v) is 2.86. The third-order valence-electron chi connectivity index (χ3n) is 1.78. The molecule has 16 heavy (non-hydrogen) atoms. The zero-order valence-electron chi connectivity index (χ0n) is 8.36. The molecule has 6 nitrogen and oxygen atoms in total. The minimum Gasteiger partial charge on any atom is -0.356 e. The van der Waals surface area contributed by atoms with Crippen molar-refractivity contribution in [1.82, 2.24) is 10.3 Å². The average Bonchev–Trinajstić information content (AvgIpc) is 2.57. The molecular weight excluding hydrogens is 254 g/mol. The normalized spacial score (nSPS) is 11.4. The Morgan fingerprint density at radius 1 is 1.56 bits per heavy atom. The van der Waals surface area contributed by atoms with E-state index in [1.54, 1.807) is 0 Å². The van der Waals surface area contributed by atoms with Crippen molar-refractivity contribution in [2.24, 2.45) is 5.14 Å². The second kappa shape index (κ2) is 5.33. The summed E-state index contributed by atoms with van der Waals surface area (Å²) in [5, 5.41) is 7.78. The summed E-state index contributed by atoms with van der Waals surface area (Å²) in [6.07, 6.45) is 1.76. The first kappa shape index (κ1) is 13.0. The van der Waals surface area contributed by atoms with Gasteiger partial charge in [-0.1, -0.05) is 11.6 Å². The SMILES string of the molecule is NS(=O)(=O)CCCNC(=O)c1cc(Cl)c[nH]1. The van der Waals surface area contributed by atoms with E-state index in [1.165, 1.54) is 12.3 Å². The molecule has 0 bridgehead atoms. The number of H-pyrrole nitrogens is 1. The number of sulfonamides is 1. The highest BCUT2D eigenvalue weighted by molar-refractivity contribution is 7.89. The van der Waals surface area contributed by atoms with Crippen molar-refractivity contribution in [3.8, 4) is 0 Å². The van der Waals surface area contributed by atoms with E-state index in [9.17, 15) is 13.2 Å². The quantitative estimate of drug-likeness (QED) is 0.656. The van der Waals surface area contributed by atoms with Gasteiger partial charge in [-0.3, -0.25) is 4.79 Å². The maximum Gasteiger partial charge on any atom is 0.267 e. The number of primary sulfonamides is 1. The molecule has 0 aromatic carbocycles. The molecule has 0 aliphatic heterocycles. The summed E-state index contributed by atoms with van der Waals surface area (Å²) in [6.45, 7) is 0.242. The fourth-order valence-electron chi connectivity index (χ4n) is 1.07. The van der Waals surface area contributed by atoms with Crippen LogP contribution < -0.4 is 10.5 Å². The van der Waals surface area contributed by atoms with Crippen LogP contribution in [-0.2, 0) is 10.0 Å². The lowest BCUT2D eigenvalue weighted by atomic mass is 10.4. The predicted octanol–water partition coefficient (Wildman–Crippen LogP) is 0.0765. The number of amides is 1. The van der Waals surface area contributed by atoms with Gasteiger partial charge in [-0.25, -0.2) is 13.6 Å². The molecule has 1 rings (SSSR count). The van der Waals surface area contributed by atoms with Crippen LogP contribution in [0.4, 0.5) is 0 Å². The molecule has 1 aromatic rings. The topological polar surface area (TPSA) is 105 Å². The van der Waals surface area contributed by atoms with Gasteiger partial charge in [0.1, 0.15) is 5.69 Å². The van der Waals surface area contributed by atoms with E-state index in [2.05, 4.69) is 10.3 Å². The second-order valence-electron chi connectivity index (χ2n) is 3.21. The summed E-state index contributed by atoms with van der Waals surface area (Å²) in [7, 11) is -3.46. The van der Waals surface area contributed by atoms with Crippen molar-refractivity contribution in [3.05, 3.63) is 23.0 Å². The van der Waals surface area contributed by atoms with Crippen LogP contribution in [0.2, 0.25) is 5.02 Å². The lowest BCUT2D eigenvalue weighted by molar-refractivity contribution is 0.0949. The van der Waals surface area contributed by atoms with Crippen LogP contribution >= 0.6 is 11.6 Å². The number of hydrogen-bond acceptors (Lipinski definition) is 3. The largest absolute Gasteiger partial charge is 0.356 e. The fourth-order valence-corrected chi connectivity index (χ4v) is 1.78. The highest BCUT2D eigenvalue weighted by Crippen LogP contribution is 2.08. The van der Waals surface area contributed by atoms with E-state index >= 15 is 0 Å². The maximum absolute atomic E-state index is 11.4. The minimum absolute atomic E-state index is 0.154. The average molecular weight is 266 g/mol. The van der Waals surface area contributed by atoms with Crippen LogP contribution in [0.15, 0.2) is 12.3 Å². The summed E-state index contributed by atoms with van der Waals surface area (Å²) in [5.41, 5.74) is 0.334. The van der Waals surface area contributed by atoms with E-state index in [0.29, 0.717) is 10.7 Å². The molecule has 0 saturated heterocycles. The smallest absolute Gasteiger partial charge is 0.267 e. The number of carbonyl (C=O) groups excluding carboxylic acids is 1. The molecule has 0 fully saturated rings. The second-order valence-corrected chi connectivity index (χ2v) is 5.38. The third kappa shape index (κ3) is 4.65. The Bertz CT molecular complexity index is 469. The number of hydrogen-bond donors (Lipinski definition) is 3. The van der Waals surface area contributed by atoms with E-state index in [-0.39, 0.29) is 24.6 Å². The van der Waals surface area contributed by atoms with Crippen LogP contribution in [0, 0.1) is 0 Å². The molecule has 90 valence electrons. The van der Waals surface area contributed by atoms with Crippen molar-refractivity contribution < 1.29 is 13.2 Å². The first-order valence-corrected chi connectivity index (χ1v) is 6.60. The Hall–Kier alpha value is -1.05. The number of nitrogens with two attached hydrogens (primary N) is 1. The zero-order chi connectivity index (χ0) is 12.2. The van der Waals surface area contributed by atoms with Crippen LogP contribution in [0.1, 0.15) is 16.9 Å². The number of halogens is 1. The molecule has 0 aliphatic carbocycles. The number of aromatic amines is 1. The molecule has 0 atom stereocenters. The number of aromatic nitrogens is 1. The van der Waals surface area contributed by atoms with Crippen LogP contribution in [0.5, 0.6) is 0 Å². The van der Waals surface area contributed by atoms with Crippen LogP contribution in [0.25, 0.3) is 0 Å². The van der Waals surface area contributed by atoms with Gasteiger partial charge in [0, 0.05) is 12.7 Å². The van der Waals surface area contributed by atoms with Crippen LogP contribution in [0.3, 0.4) is 0 Å². The van der Waals surface area contributed by atoms with Crippen molar-refractivity contribution >= 4 is 27.5 Å². The number of carbonyl (C=O) groups is 1. The number of nitrogens with one attached hydrogen (secondary N) is 2. The Morgan fingerprint density at radius 3 is 2.75 bits per heavy atom. The van der Waals surface area contributed by atoms with Gasteiger partial charge >= 0.3 is 0 Å². The Labute approximate surface area is 98.2 Å². The van der Waals surface area contributed by atoms with Gasteiger partial charge in [-0.05, 0) is 12.5 Å². The molecular formula is C8H12ClN3O3S. The van der Waals surface area contributed by atoms with E-state index in [0.717, 1.165) is 0 Å². The zero-order valence-corrected chi connectivity index (χ0v) is 9.94.